The Labute approximate surface area is 218 Å². The minimum atomic E-state index is -1.29. The average molecular weight is 497 g/mol. The van der Waals surface area contributed by atoms with Crippen molar-refractivity contribution in [1.29, 1.82) is 0 Å². The summed E-state index contributed by atoms with van der Waals surface area (Å²) in [4.78, 5) is 42.1. The van der Waals surface area contributed by atoms with Crippen LogP contribution in [0.2, 0.25) is 0 Å². The van der Waals surface area contributed by atoms with Gasteiger partial charge in [-0.15, -0.1) is 0 Å². The Morgan fingerprint density at radius 3 is 1.84 bits per heavy atom. The van der Waals surface area contributed by atoms with Crippen molar-refractivity contribution in [1.82, 2.24) is 9.88 Å². The van der Waals surface area contributed by atoms with Crippen LogP contribution in [0, 0.1) is 11.8 Å². The Kier molecular flexibility index (Phi) is 10.3. The largest absolute Gasteiger partial charge is 0.388 e. The summed E-state index contributed by atoms with van der Waals surface area (Å²) >= 11 is 0. The predicted octanol–water partition coefficient (Wildman–Crippen LogP) is 4.03. The molecule has 0 saturated heterocycles. The van der Waals surface area contributed by atoms with E-state index in [0.29, 0.717) is 5.56 Å². The monoisotopic (exact) mass is 496 g/mol. The fourth-order valence-corrected chi connectivity index (χ4v) is 4.02. The zero-order valence-electron chi connectivity index (χ0n) is 21.3. The summed E-state index contributed by atoms with van der Waals surface area (Å²) in [5, 5.41) is 9.19. The fraction of sp³-hybridized carbons (Fsp3) is 0.290. The zero-order chi connectivity index (χ0) is 26.6. The number of likely N-dealkylation sites (N-methyl/N-ethyl adjacent to an activating group) is 1. The van der Waals surface area contributed by atoms with Gasteiger partial charge in [0.1, 0.15) is 6.61 Å². The van der Waals surface area contributed by atoms with Crippen molar-refractivity contribution in [2.75, 3.05) is 13.7 Å². The molecule has 0 aliphatic rings. The molecule has 0 spiro atoms. The number of carbonyl (C=O) groups is 3. The molecule has 1 atom stereocenters. The lowest BCUT2D eigenvalue weighted by molar-refractivity contribution is -0.134. The third-order valence-electron chi connectivity index (χ3n) is 6.19. The Hall–Kier alpha value is -4.08. The highest BCUT2D eigenvalue weighted by atomic mass is 16.3. The van der Waals surface area contributed by atoms with Gasteiger partial charge in [-0.2, -0.15) is 0 Å². The maximum Gasteiger partial charge on any atom is 0.254 e. The van der Waals surface area contributed by atoms with E-state index >= 15 is 0 Å². The predicted molar refractivity (Wildman–Crippen MR) is 143 cm³/mol. The number of aromatic nitrogens is 1. The maximum atomic E-state index is 12.8. The summed E-state index contributed by atoms with van der Waals surface area (Å²) in [7, 11) is 1.40. The van der Waals surface area contributed by atoms with Gasteiger partial charge < -0.3 is 10.0 Å². The number of carbonyl (C=O) groups excluding carboxylic acids is 3. The second kappa shape index (κ2) is 13.9. The number of hydrogen-bond acceptors (Lipinski definition) is 5. The molecule has 3 aromatic rings. The van der Waals surface area contributed by atoms with Gasteiger partial charge in [-0.25, -0.2) is 0 Å². The van der Waals surface area contributed by atoms with Crippen LogP contribution in [0.25, 0.3) is 0 Å². The molecule has 1 aromatic heterocycles. The molecule has 1 unspecified atom stereocenters. The van der Waals surface area contributed by atoms with Gasteiger partial charge in [0, 0.05) is 42.6 Å². The molecule has 1 amide bonds. The lowest BCUT2D eigenvalue weighted by Crippen LogP contribution is -2.48. The lowest BCUT2D eigenvalue weighted by Gasteiger charge is -2.25. The normalized spacial score (nSPS) is 11.2. The van der Waals surface area contributed by atoms with Gasteiger partial charge >= 0.3 is 0 Å². The second-order valence-corrected chi connectivity index (χ2v) is 8.85. The van der Waals surface area contributed by atoms with E-state index < -0.39 is 30.1 Å². The molecule has 2 aromatic carbocycles. The van der Waals surface area contributed by atoms with Gasteiger partial charge in [-0.1, -0.05) is 30.9 Å². The van der Waals surface area contributed by atoms with Gasteiger partial charge in [0.2, 0.25) is 0 Å². The number of amides is 1. The Balaban J connectivity index is 1.55. The summed E-state index contributed by atoms with van der Waals surface area (Å²) in [6.07, 6.45) is 8.09. The van der Waals surface area contributed by atoms with Crippen molar-refractivity contribution >= 4 is 17.5 Å². The van der Waals surface area contributed by atoms with Crippen molar-refractivity contribution in [2.24, 2.45) is 0 Å². The number of benzene rings is 2. The molecule has 3 rings (SSSR count). The van der Waals surface area contributed by atoms with Crippen LogP contribution in [0.15, 0.2) is 73.1 Å². The second-order valence-electron chi connectivity index (χ2n) is 8.85. The van der Waals surface area contributed by atoms with Gasteiger partial charge in [0.05, 0.1) is 0 Å². The van der Waals surface area contributed by atoms with Crippen molar-refractivity contribution in [3.63, 3.8) is 0 Å². The van der Waals surface area contributed by atoms with E-state index in [1.165, 1.54) is 18.2 Å². The third-order valence-corrected chi connectivity index (χ3v) is 6.19. The van der Waals surface area contributed by atoms with Gasteiger partial charge in [0.25, 0.3) is 5.91 Å². The first-order valence-electron chi connectivity index (χ1n) is 12.5. The van der Waals surface area contributed by atoms with Crippen molar-refractivity contribution in [3.05, 3.63) is 101 Å². The van der Waals surface area contributed by atoms with Crippen LogP contribution in [-0.2, 0) is 22.4 Å². The minimum Gasteiger partial charge on any atom is -0.388 e. The van der Waals surface area contributed by atoms with Crippen LogP contribution in [0.4, 0.5) is 0 Å². The standard InChI is InChI=1S/C31H32N2O4/c1-3-28(35)30(29(36)22-34)33(2)31(37)27-16-14-26(15-17-27)13-12-25-10-8-23(9-11-25)6-4-5-7-24-18-20-32-21-19-24/h8-11,14-21,30,34H,3-7,22H2,1-2H3. The first kappa shape index (κ1) is 27.5. The molecule has 0 saturated carbocycles. The van der Waals surface area contributed by atoms with Crippen LogP contribution >= 0.6 is 0 Å². The summed E-state index contributed by atoms with van der Waals surface area (Å²) in [5.74, 6) is 4.68. The number of nitrogens with zero attached hydrogens (tertiary/aromatic N) is 2. The molecular formula is C31H32N2O4. The van der Waals surface area contributed by atoms with Crippen molar-refractivity contribution < 1.29 is 19.5 Å². The minimum absolute atomic E-state index is 0.0931. The molecule has 0 aliphatic heterocycles. The molecule has 1 N–H and O–H groups in total. The van der Waals surface area contributed by atoms with Crippen LogP contribution in [0.5, 0.6) is 0 Å². The number of hydrogen-bond donors (Lipinski definition) is 1. The number of Topliss-reactive ketones (excluding diaryl/α,β-unsaturated/α-hetero) is 2. The van der Waals surface area contributed by atoms with Crippen LogP contribution < -0.4 is 0 Å². The molecule has 37 heavy (non-hydrogen) atoms. The molecule has 0 aliphatic carbocycles. The molecule has 6 heteroatoms. The van der Waals surface area contributed by atoms with Crippen LogP contribution in [0.1, 0.15) is 58.8 Å². The van der Waals surface area contributed by atoms with Crippen molar-refractivity contribution in [2.45, 2.75) is 45.1 Å². The van der Waals surface area contributed by atoms with Gasteiger partial charge in [0.15, 0.2) is 17.6 Å². The van der Waals surface area contributed by atoms with E-state index in [0.717, 1.165) is 41.7 Å². The summed E-state index contributed by atoms with van der Waals surface area (Å²) in [6.45, 7) is 0.820. The van der Waals surface area contributed by atoms with E-state index in [4.69, 9.17) is 0 Å². The van der Waals surface area contributed by atoms with E-state index in [1.807, 2.05) is 24.5 Å². The highest BCUT2D eigenvalue weighted by Gasteiger charge is 2.32. The third kappa shape index (κ3) is 7.96. The van der Waals surface area contributed by atoms with Gasteiger partial charge in [-0.05, 0) is 85.3 Å². The fourth-order valence-electron chi connectivity index (χ4n) is 4.02. The quantitative estimate of drug-likeness (QED) is 0.246. The molecule has 0 radical (unpaired) electrons. The molecular weight excluding hydrogens is 464 g/mol. The maximum absolute atomic E-state index is 12.8. The number of pyridine rings is 1. The Morgan fingerprint density at radius 1 is 0.811 bits per heavy atom. The highest BCUT2D eigenvalue weighted by molar-refractivity contribution is 6.10. The topological polar surface area (TPSA) is 87.6 Å². The van der Waals surface area contributed by atoms with Crippen molar-refractivity contribution in [3.8, 4) is 11.8 Å². The Bertz CT molecular complexity index is 1240. The first-order chi connectivity index (χ1) is 17.9. The van der Waals surface area contributed by atoms with Gasteiger partial charge in [-0.3, -0.25) is 19.4 Å². The lowest BCUT2D eigenvalue weighted by atomic mass is 10.0. The number of rotatable bonds is 11. The molecule has 0 fully saturated rings. The van der Waals surface area contributed by atoms with E-state index in [1.54, 1.807) is 31.2 Å². The number of aliphatic hydroxyl groups excluding tert-OH is 1. The molecule has 0 bridgehead atoms. The highest BCUT2D eigenvalue weighted by Crippen LogP contribution is 2.13. The van der Waals surface area contributed by atoms with E-state index in [-0.39, 0.29) is 6.42 Å². The van der Waals surface area contributed by atoms with Crippen LogP contribution in [0.3, 0.4) is 0 Å². The molecule has 1 heterocycles. The molecule has 6 nitrogen and oxygen atoms in total. The summed E-state index contributed by atoms with van der Waals surface area (Å²) in [5.41, 5.74) is 4.58. The Morgan fingerprint density at radius 2 is 1.32 bits per heavy atom. The summed E-state index contributed by atoms with van der Waals surface area (Å²) < 4.78 is 0. The number of unbranched alkanes of at least 4 members (excludes halogenated alkanes) is 1. The SMILES string of the molecule is CCC(=O)C(C(=O)CO)N(C)C(=O)c1ccc(C#Cc2ccc(CCCCc3ccncc3)cc2)cc1. The number of aliphatic hydroxyl groups is 1. The van der Waals surface area contributed by atoms with Crippen LogP contribution in [-0.4, -0.2) is 52.2 Å². The van der Waals surface area contributed by atoms with E-state index in [9.17, 15) is 19.5 Å². The first-order valence-corrected chi connectivity index (χ1v) is 12.5. The zero-order valence-corrected chi connectivity index (χ0v) is 21.3. The number of aryl methyl sites for hydroxylation is 2. The van der Waals surface area contributed by atoms with E-state index in [2.05, 4.69) is 41.1 Å². The smallest absolute Gasteiger partial charge is 0.254 e. The summed E-state index contributed by atoms with van der Waals surface area (Å²) in [6, 6.07) is 17.8. The number of ketones is 2. The average Bonchev–Trinajstić information content (AvgIpc) is 2.95. The molecule has 190 valence electrons.